The van der Waals surface area contributed by atoms with E-state index in [0.29, 0.717) is 11.7 Å². The van der Waals surface area contributed by atoms with Gasteiger partial charge in [-0.3, -0.25) is 14.9 Å². The number of ketones is 1. The van der Waals surface area contributed by atoms with E-state index in [0.717, 1.165) is 17.0 Å². The highest BCUT2D eigenvalue weighted by Gasteiger charge is 2.26. The molecule has 0 aliphatic rings. The van der Waals surface area contributed by atoms with Crippen LogP contribution in [0.25, 0.3) is 0 Å². The van der Waals surface area contributed by atoms with Gasteiger partial charge in [0.2, 0.25) is 5.78 Å². The molecule has 0 aliphatic heterocycles. The SMILES string of the molecule is CCN(c1ccccc1)c1nc(N)c(C(=O)c2ccccc2[N+](=O)[O-])s1. The second-order valence-electron chi connectivity index (χ2n) is 5.39. The predicted octanol–water partition coefficient (Wildman–Crippen LogP) is 4.02. The number of thiazole rings is 1. The van der Waals surface area contributed by atoms with Crippen LogP contribution in [0.3, 0.4) is 0 Å². The number of carbonyl (C=O) groups is 1. The molecule has 0 saturated carbocycles. The number of benzene rings is 2. The monoisotopic (exact) mass is 368 g/mol. The van der Waals surface area contributed by atoms with Gasteiger partial charge in [-0.15, -0.1) is 0 Å². The summed E-state index contributed by atoms with van der Waals surface area (Å²) in [4.78, 5) is 29.9. The lowest BCUT2D eigenvalue weighted by Crippen LogP contribution is -2.15. The van der Waals surface area contributed by atoms with Gasteiger partial charge >= 0.3 is 0 Å². The van der Waals surface area contributed by atoms with Gasteiger partial charge in [0.15, 0.2) is 5.13 Å². The van der Waals surface area contributed by atoms with Crippen molar-refractivity contribution in [1.82, 2.24) is 4.98 Å². The Hall–Kier alpha value is -3.26. The van der Waals surface area contributed by atoms with Crippen LogP contribution < -0.4 is 10.6 Å². The minimum absolute atomic E-state index is 0.00200. The Bertz CT molecular complexity index is 956. The fraction of sp³-hybridized carbons (Fsp3) is 0.111. The van der Waals surface area contributed by atoms with Gasteiger partial charge in [0.1, 0.15) is 16.3 Å². The number of hydrogen-bond acceptors (Lipinski definition) is 7. The van der Waals surface area contributed by atoms with Crippen LogP contribution in [0, 0.1) is 10.1 Å². The van der Waals surface area contributed by atoms with E-state index in [4.69, 9.17) is 5.73 Å². The molecule has 0 bridgehead atoms. The van der Waals surface area contributed by atoms with E-state index >= 15 is 0 Å². The molecule has 2 N–H and O–H groups in total. The number of nitrogen functional groups attached to an aromatic ring is 1. The molecule has 3 rings (SSSR count). The highest BCUT2D eigenvalue weighted by atomic mass is 32.1. The maximum absolute atomic E-state index is 12.8. The van der Waals surface area contributed by atoms with Gasteiger partial charge in [-0.2, -0.15) is 0 Å². The molecule has 0 atom stereocenters. The molecule has 1 aromatic heterocycles. The summed E-state index contributed by atoms with van der Waals surface area (Å²) in [7, 11) is 0. The molecule has 0 amide bonds. The first-order chi connectivity index (χ1) is 12.5. The first-order valence-corrected chi connectivity index (χ1v) is 8.71. The first-order valence-electron chi connectivity index (χ1n) is 7.90. The van der Waals surface area contributed by atoms with Crippen molar-refractivity contribution in [3.63, 3.8) is 0 Å². The number of nitro groups is 1. The fourth-order valence-corrected chi connectivity index (χ4v) is 3.61. The van der Waals surface area contributed by atoms with Gasteiger partial charge < -0.3 is 10.6 Å². The minimum atomic E-state index is -0.576. The smallest absolute Gasteiger partial charge is 0.280 e. The second-order valence-corrected chi connectivity index (χ2v) is 6.37. The molecule has 8 heteroatoms. The van der Waals surface area contributed by atoms with Crippen molar-refractivity contribution >= 4 is 39.4 Å². The fourth-order valence-electron chi connectivity index (χ4n) is 2.58. The summed E-state index contributed by atoms with van der Waals surface area (Å²) in [5.41, 5.74) is 6.64. The van der Waals surface area contributed by atoms with Crippen LogP contribution in [-0.2, 0) is 0 Å². The van der Waals surface area contributed by atoms with Crippen molar-refractivity contribution in [2.75, 3.05) is 17.2 Å². The Morgan fingerprint density at radius 3 is 2.50 bits per heavy atom. The third kappa shape index (κ3) is 3.27. The summed E-state index contributed by atoms with van der Waals surface area (Å²) in [6, 6.07) is 15.4. The van der Waals surface area contributed by atoms with Crippen LogP contribution in [0.2, 0.25) is 0 Å². The standard InChI is InChI=1S/C18H16N4O3S/c1-2-21(12-8-4-3-5-9-12)18-20-17(19)16(26-18)15(23)13-10-6-7-11-14(13)22(24)25/h3-11H,2,19H2,1H3. The maximum atomic E-state index is 12.8. The molecule has 7 nitrogen and oxygen atoms in total. The van der Waals surface area contributed by atoms with Gasteiger partial charge in [-0.05, 0) is 25.1 Å². The Morgan fingerprint density at radius 2 is 1.85 bits per heavy atom. The predicted molar refractivity (Wildman–Crippen MR) is 102 cm³/mol. The van der Waals surface area contributed by atoms with Gasteiger partial charge in [0.05, 0.1) is 4.92 Å². The lowest BCUT2D eigenvalue weighted by atomic mass is 10.1. The third-order valence-electron chi connectivity index (χ3n) is 3.81. The molecular formula is C18H16N4O3S. The lowest BCUT2D eigenvalue weighted by molar-refractivity contribution is -0.385. The average molecular weight is 368 g/mol. The summed E-state index contributed by atoms with van der Waals surface area (Å²) >= 11 is 1.13. The number of hydrogen-bond donors (Lipinski definition) is 1. The molecule has 0 saturated heterocycles. The molecule has 0 aliphatic carbocycles. The molecule has 2 aromatic carbocycles. The van der Waals surface area contributed by atoms with Crippen molar-refractivity contribution in [2.24, 2.45) is 0 Å². The van der Waals surface area contributed by atoms with Crippen molar-refractivity contribution in [1.29, 1.82) is 0 Å². The van der Waals surface area contributed by atoms with Crippen molar-refractivity contribution in [3.05, 3.63) is 75.2 Å². The topological polar surface area (TPSA) is 102 Å². The van der Waals surface area contributed by atoms with Crippen LogP contribution in [0.15, 0.2) is 54.6 Å². The molecule has 0 radical (unpaired) electrons. The Labute approximate surface area is 153 Å². The quantitative estimate of drug-likeness (QED) is 0.400. The van der Waals surface area contributed by atoms with Crippen molar-refractivity contribution < 1.29 is 9.72 Å². The minimum Gasteiger partial charge on any atom is -0.382 e. The molecule has 3 aromatic rings. The molecule has 0 spiro atoms. The number of nitrogens with two attached hydrogens (primary N) is 1. The van der Waals surface area contributed by atoms with E-state index in [-0.39, 0.29) is 21.9 Å². The summed E-state index contributed by atoms with van der Waals surface area (Å²) < 4.78 is 0. The Kier molecular flexibility index (Phi) is 4.94. The molecule has 0 fully saturated rings. The number of rotatable bonds is 6. The maximum Gasteiger partial charge on any atom is 0.280 e. The normalized spacial score (nSPS) is 10.5. The molecular weight excluding hydrogens is 352 g/mol. The van der Waals surface area contributed by atoms with Gasteiger partial charge in [0, 0.05) is 18.3 Å². The Balaban J connectivity index is 2.01. The van der Waals surface area contributed by atoms with Crippen LogP contribution >= 0.6 is 11.3 Å². The molecule has 26 heavy (non-hydrogen) atoms. The summed E-state index contributed by atoms with van der Waals surface area (Å²) in [6.07, 6.45) is 0. The van der Waals surface area contributed by atoms with E-state index in [1.54, 1.807) is 6.07 Å². The summed E-state index contributed by atoms with van der Waals surface area (Å²) in [5.74, 6) is -0.426. The summed E-state index contributed by atoms with van der Waals surface area (Å²) in [6.45, 7) is 2.60. The highest BCUT2D eigenvalue weighted by Crippen LogP contribution is 2.35. The highest BCUT2D eigenvalue weighted by molar-refractivity contribution is 7.18. The van der Waals surface area contributed by atoms with E-state index < -0.39 is 10.7 Å². The van der Waals surface area contributed by atoms with Crippen LogP contribution in [0.4, 0.5) is 22.3 Å². The first kappa shape index (κ1) is 17.6. The second kappa shape index (κ2) is 7.32. The van der Waals surface area contributed by atoms with Crippen LogP contribution in [-0.4, -0.2) is 22.2 Å². The largest absolute Gasteiger partial charge is 0.382 e. The van der Waals surface area contributed by atoms with Crippen LogP contribution in [0.5, 0.6) is 0 Å². The number of carbonyl (C=O) groups excluding carboxylic acids is 1. The van der Waals surface area contributed by atoms with Crippen molar-refractivity contribution in [3.8, 4) is 0 Å². The van der Waals surface area contributed by atoms with Gasteiger partial charge in [0.25, 0.3) is 5.69 Å². The average Bonchev–Trinajstić information content (AvgIpc) is 3.04. The number of anilines is 3. The number of nitrogens with zero attached hydrogens (tertiary/aromatic N) is 3. The molecule has 132 valence electrons. The summed E-state index contributed by atoms with van der Waals surface area (Å²) in [5, 5.41) is 11.8. The van der Waals surface area contributed by atoms with E-state index in [1.165, 1.54) is 18.2 Å². The zero-order valence-corrected chi connectivity index (χ0v) is 14.8. The number of para-hydroxylation sites is 2. The van der Waals surface area contributed by atoms with Gasteiger partial charge in [-0.1, -0.05) is 41.7 Å². The molecule has 1 heterocycles. The van der Waals surface area contributed by atoms with E-state index in [2.05, 4.69) is 4.98 Å². The van der Waals surface area contributed by atoms with Crippen molar-refractivity contribution in [2.45, 2.75) is 6.92 Å². The third-order valence-corrected chi connectivity index (χ3v) is 4.90. The van der Waals surface area contributed by atoms with E-state index in [9.17, 15) is 14.9 Å². The number of aromatic nitrogens is 1. The zero-order chi connectivity index (χ0) is 18.7. The van der Waals surface area contributed by atoms with E-state index in [1.807, 2.05) is 42.2 Å². The molecule has 0 unspecified atom stereocenters. The number of nitro benzene ring substituents is 1. The van der Waals surface area contributed by atoms with Crippen LogP contribution in [0.1, 0.15) is 22.2 Å². The van der Waals surface area contributed by atoms with Gasteiger partial charge in [-0.25, -0.2) is 4.98 Å². The Morgan fingerprint density at radius 1 is 1.19 bits per heavy atom. The lowest BCUT2D eigenvalue weighted by Gasteiger charge is -2.19. The zero-order valence-electron chi connectivity index (χ0n) is 14.0.